The lowest BCUT2D eigenvalue weighted by Crippen LogP contribution is -2.49. The molecule has 0 aliphatic carbocycles. The Morgan fingerprint density at radius 3 is 2.30 bits per heavy atom. The topological polar surface area (TPSA) is 64.3 Å². The van der Waals surface area contributed by atoms with Gasteiger partial charge in [-0.1, -0.05) is 0 Å². The van der Waals surface area contributed by atoms with E-state index in [4.69, 9.17) is 10.5 Å². The molecule has 1 amide bonds. The molecule has 0 aromatic heterocycles. The molecule has 128 valence electrons. The molecule has 0 radical (unpaired) electrons. The van der Waals surface area contributed by atoms with Crippen LogP contribution in [0.25, 0.3) is 0 Å². The number of rotatable bonds is 3. The van der Waals surface area contributed by atoms with Crippen LogP contribution in [0.15, 0.2) is 17.0 Å². The molecule has 0 bridgehead atoms. The highest BCUT2D eigenvalue weighted by molar-refractivity contribution is 8.00. The molecule has 0 spiro atoms. The minimum Gasteiger partial charge on any atom is -0.479 e. The van der Waals surface area contributed by atoms with Crippen LogP contribution in [-0.4, -0.2) is 29.9 Å². The van der Waals surface area contributed by atoms with Crippen LogP contribution < -0.4 is 15.8 Å². The minimum absolute atomic E-state index is 0.0835. The average molecular weight is 364 g/mol. The summed E-state index contributed by atoms with van der Waals surface area (Å²) in [5.41, 5.74) is 4.96. The number of nitrogen functional groups attached to an aromatic ring is 1. The molecule has 1 heterocycles. The van der Waals surface area contributed by atoms with E-state index >= 15 is 0 Å². The van der Waals surface area contributed by atoms with Crippen LogP contribution in [0.2, 0.25) is 0 Å². The van der Waals surface area contributed by atoms with Gasteiger partial charge in [-0.2, -0.15) is 30.7 Å². The van der Waals surface area contributed by atoms with Crippen molar-refractivity contribution in [1.29, 1.82) is 0 Å². The first-order valence-electron chi connectivity index (χ1n) is 5.72. The SMILES string of the molecule is Nc1cc(SC(F)(F)C(F)(F)C(F)(F)F)cc2c1OCC(=O)N2. The van der Waals surface area contributed by atoms with Crippen LogP contribution in [0, 0.1) is 0 Å². The Balaban J connectivity index is 2.35. The number of amides is 1. The summed E-state index contributed by atoms with van der Waals surface area (Å²) in [6.45, 7) is -0.397. The first kappa shape index (κ1) is 17.5. The highest BCUT2D eigenvalue weighted by atomic mass is 32.2. The van der Waals surface area contributed by atoms with Crippen LogP contribution in [0.4, 0.5) is 42.1 Å². The van der Waals surface area contributed by atoms with E-state index in [9.17, 15) is 35.5 Å². The molecule has 0 fully saturated rings. The van der Waals surface area contributed by atoms with Gasteiger partial charge in [0.1, 0.15) is 0 Å². The second-order valence-corrected chi connectivity index (χ2v) is 5.61. The number of nitrogens with one attached hydrogen (secondary N) is 1. The zero-order valence-electron chi connectivity index (χ0n) is 10.8. The van der Waals surface area contributed by atoms with Gasteiger partial charge in [-0.3, -0.25) is 4.79 Å². The number of anilines is 2. The molecule has 0 saturated heterocycles. The van der Waals surface area contributed by atoms with E-state index in [1.807, 2.05) is 0 Å². The summed E-state index contributed by atoms with van der Waals surface area (Å²) in [6.07, 6.45) is -6.43. The summed E-state index contributed by atoms with van der Waals surface area (Å²) in [7, 11) is 0. The number of ether oxygens (including phenoxy) is 1. The van der Waals surface area contributed by atoms with Gasteiger partial charge in [-0.05, 0) is 23.9 Å². The first-order valence-corrected chi connectivity index (χ1v) is 6.54. The average Bonchev–Trinajstić information content (AvgIpc) is 2.35. The Hall–Kier alpha value is -1.85. The Morgan fingerprint density at radius 2 is 1.74 bits per heavy atom. The molecule has 0 unspecified atom stereocenters. The molecule has 1 aliphatic rings. The fourth-order valence-electron chi connectivity index (χ4n) is 1.64. The van der Waals surface area contributed by atoms with Gasteiger partial charge in [-0.25, -0.2) is 0 Å². The molecular formula is C11H7F7N2O2S. The van der Waals surface area contributed by atoms with Gasteiger partial charge in [-0.15, -0.1) is 0 Å². The van der Waals surface area contributed by atoms with E-state index in [1.165, 1.54) is 0 Å². The number of carbonyl (C=O) groups is 1. The maximum Gasteiger partial charge on any atom is 0.460 e. The Morgan fingerprint density at radius 1 is 1.13 bits per heavy atom. The van der Waals surface area contributed by atoms with Crippen molar-refractivity contribution in [2.45, 2.75) is 22.2 Å². The molecule has 2 rings (SSSR count). The standard InChI is InChI=1S/C11H7F7N2O2S/c12-9(13,10(14,15)16)11(17,18)23-4-1-5(19)8-6(2-4)20-7(21)3-22-8/h1-2H,3,19H2,(H,20,21). The van der Waals surface area contributed by atoms with Crippen molar-refractivity contribution >= 4 is 29.0 Å². The van der Waals surface area contributed by atoms with E-state index in [1.54, 1.807) is 0 Å². The van der Waals surface area contributed by atoms with Crippen molar-refractivity contribution in [3.63, 3.8) is 0 Å². The zero-order chi connectivity index (χ0) is 17.6. The second kappa shape index (κ2) is 5.35. The third-order valence-corrected chi connectivity index (χ3v) is 3.66. The molecule has 1 aliphatic heterocycles. The van der Waals surface area contributed by atoms with Crippen molar-refractivity contribution in [3.05, 3.63) is 12.1 Å². The molecule has 3 N–H and O–H groups in total. The summed E-state index contributed by atoms with van der Waals surface area (Å²) in [4.78, 5) is 10.4. The van der Waals surface area contributed by atoms with Crippen LogP contribution in [0.3, 0.4) is 0 Å². The predicted octanol–water partition coefficient (Wildman–Crippen LogP) is 3.48. The van der Waals surface area contributed by atoms with Crippen molar-refractivity contribution in [2.24, 2.45) is 0 Å². The largest absolute Gasteiger partial charge is 0.479 e. The Kier molecular flexibility index (Phi) is 4.07. The van der Waals surface area contributed by atoms with Gasteiger partial charge in [0.15, 0.2) is 12.4 Å². The van der Waals surface area contributed by atoms with Gasteiger partial charge in [0.2, 0.25) is 0 Å². The molecule has 23 heavy (non-hydrogen) atoms. The fourth-order valence-corrected chi connectivity index (χ4v) is 2.54. The van der Waals surface area contributed by atoms with E-state index in [2.05, 4.69) is 5.32 Å². The lowest BCUT2D eigenvalue weighted by molar-refractivity contribution is -0.330. The van der Waals surface area contributed by atoms with Gasteiger partial charge >= 0.3 is 17.4 Å². The summed E-state index contributed by atoms with van der Waals surface area (Å²) >= 11 is -1.02. The van der Waals surface area contributed by atoms with Crippen LogP contribution in [-0.2, 0) is 4.79 Å². The fraction of sp³-hybridized carbons (Fsp3) is 0.364. The molecule has 1 aromatic rings. The van der Waals surface area contributed by atoms with Crippen molar-refractivity contribution in [1.82, 2.24) is 0 Å². The first-order chi connectivity index (χ1) is 10.3. The maximum atomic E-state index is 13.4. The van der Waals surface area contributed by atoms with Crippen molar-refractivity contribution in [2.75, 3.05) is 17.7 Å². The van der Waals surface area contributed by atoms with E-state index in [-0.39, 0.29) is 17.1 Å². The highest BCUT2D eigenvalue weighted by Crippen LogP contribution is 2.54. The van der Waals surface area contributed by atoms with Gasteiger partial charge in [0.05, 0.1) is 11.4 Å². The molecule has 4 nitrogen and oxygen atoms in total. The number of hydrogen-bond donors (Lipinski definition) is 2. The highest BCUT2D eigenvalue weighted by Gasteiger charge is 2.73. The number of thioether (sulfide) groups is 1. The second-order valence-electron chi connectivity index (χ2n) is 4.42. The third-order valence-electron chi connectivity index (χ3n) is 2.68. The number of hydrogen-bond acceptors (Lipinski definition) is 4. The number of alkyl halides is 7. The quantitative estimate of drug-likeness (QED) is 0.490. The van der Waals surface area contributed by atoms with E-state index in [0.29, 0.717) is 0 Å². The lowest BCUT2D eigenvalue weighted by Gasteiger charge is -2.28. The molecule has 0 saturated carbocycles. The van der Waals surface area contributed by atoms with E-state index < -0.39 is 46.5 Å². The third kappa shape index (κ3) is 3.12. The predicted molar refractivity (Wildman–Crippen MR) is 66.8 cm³/mol. The summed E-state index contributed by atoms with van der Waals surface area (Å²) < 4.78 is 93.6. The zero-order valence-corrected chi connectivity index (χ0v) is 11.6. The number of nitrogens with two attached hydrogens (primary N) is 1. The Labute approximate surface area is 128 Å². The molecule has 1 aromatic carbocycles. The summed E-state index contributed by atoms with van der Waals surface area (Å²) in [5.74, 6) is -7.00. The summed E-state index contributed by atoms with van der Waals surface area (Å²) in [6, 6.07) is 1.52. The van der Waals surface area contributed by atoms with Gasteiger partial charge < -0.3 is 15.8 Å². The van der Waals surface area contributed by atoms with Crippen molar-refractivity contribution < 1.29 is 40.3 Å². The van der Waals surface area contributed by atoms with E-state index in [0.717, 1.165) is 12.1 Å². The molecule has 12 heteroatoms. The molecule has 0 atom stereocenters. The monoisotopic (exact) mass is 364 g/mol. The number of halogens is 7. The number of benzene rings is 1. The normalized spacial score (nSPS) is 15.7. The number of fused-ring (bicyclic) bond motifs is 1. The number of carbonyl (C=O) groups excluding carboxylic acids is 1. The van der Waals surface area contributed by atoms with Gasteiger partial charge in [0.25, 0.3) is 5.91 Å². The van der Waals surface area contributed by atoms with Crippen LogP contribution in [0.1, 0.15) is 0 Å². The molecular weight excluding hydrogens is 357 g/mol. The summed E-state index contributed by atoms with van der Waals surface area (Å²) in [5, 5.41) is -3.30. The van der Waals surface area contributed by atoms with Crippen LogP contribution >= 0.6 is 11.8 Å². The lowest BCUT2D eigenvalue weighted by atomic mass is 10.2. The minimum atomic E-state index is -6.43. The van der Waals surface area contributed by atoms with Crippen molar-refractivity contribution in [3.8, 4) is 5.75 Å². The van der Waals surface area contributed by atoms with Gasteiger partial charge in [0, 0.05) is 4.90 Å². The Bertz CT molecular complexity index is 648. The smallest absolute Gasteiger partial charge is 0.460 e. The van der Waals surface area contributed by atoms with Crippen LogP contribution in [0.5, 0.6) is 5.75 Å². The maximum absolute atomic E-state index is 13.4.